The molecular formula is C19H22ClN3S. The van der Waals surface area contributed by atoms with Gasteiger partial charge >= 0.3 is 0 Å². The Morgan fingerprint density at radius 2 is 1.42 bits per heavy atom. The zero-order valence-electron chi connectivity index (χ0n) is 13.6. The lowest BCUT2D eigenvalue weighted by molar-refractivity contribution is 0.221. The summed E-state index contributed by atoms with van der Waals surface area (Å²) in [6.07, 6.45) is 4.02. The molecule has 0 atom stereocenters. The third kappa shape index (κ3) is 5.20. The average Bonchev–Trinajstić information content (AvgIpc) is 2.60. The Kier molecular flexibility index (Phi) is 6.07. The Labute approximate surface area is 154 Å². The average molecular weight is 360 g/mol. The van der Waals surface area contributed by atoms with E-state index in [9.17, 15) is 0 Å². The highest BCUT2D eigenvalue weighted by Gasteiger charge is 2.10. The molecule has 0 saturated carbocycles. The van der Waals surface area contributed by atoms with E-state index in [0.717, 1.165) is 17.9 Å². The Hall–Kier alpha value is -1.62. The molecule has 2 aromatic carbocycles. The van der Waals surface area contributed by atoms with Gasteiger partial charge in [0.15, 0.2) is 5.11 Å². The smallest absolute Gasteiger partial charge is 0.175 e. The van der Waals surface area contributed by atoms with E-state index >= 15 is 0 Å². The second-order valence-corrected chi connectivity index (χ2v) is 6.96. The maximum absolute atomic E-state index is 5.88. The van der Waals surface area contributed by atoms with Gasteiger partial charge in [0.2, 0.25) is 0 Å². The predicted octanol–water partition coefficient (Wildman–Crippen LogP) is 5.13. The highest BCUT2D eigenvalue weighted by atomic mass is 35.5. The monoisotopic (exact) mass is 359 g/mol. The fraction of sp³-hybridized carbons (Fsp3) is 0.316. The molecule has 3 rings (SSSR count). The van der Waals surface area contributed by atoms with Gasteiger partial charge in [-0.25, -0.2) is 0 Å². The van der Waals surface area contributed by atoms with Gasteiger partial charge in [-0.3, -0.25) is 4.90 Å². The molecule has 126 valence electrons. The third-order valence-corrected chi connectivity index (χ3v) is 4.62. The number of anilines is 2. The summed E-state index contributed by atoms with van der Waals surface area (Å²) >= 11 is 11.2. The lowest BCUT2D eigenvalue weighted by Gasteiger charge is -2.26. The Balaban J connectivity index is 1.51. The van der Waals surface area contributed by atoms with E-state index in [2.05, 4.69) is 39.8 Å². The van der Waals surface area contributed by atoms with E-state index in [-0.39, 0.29) is 0 Å². The van der Waals surface area contributed by atoms with Gasteiger partial charge in [-0.05, 0) is 80.1 Å². The molecule has 1 aliphatic rings. The number of benzene rings is 2. The van der Waals surface area contributed by atoms with E-state index in [1.165, 1.54) is 37.9 Å². The maximum atomic E-state index is 5.88. The van der Waals surface area contributed by atoms with Crippen LogP contribution in [0, 0.1) is 0 Å². The van der Waals surface area contributed by atoms with Crippen molar-refractivity contribution in [2.45, 2.75) is 25.8 Å². The van der Waals surface area contributed by atoms with Gasteiger partial charge in [0.25, 0.3) is 0 Å². The Morgan fingerprint density at radius 1 is 0.875 bits per heavy atom. The minimum atomic E-state index is 0.570. The number of hydrogen-bond donors (Lipinski definition) is 2. The highest BCUT2D eigenvalue weighted by Crippen LogP contribution is 2.17. The predicted molar refractivity (Wildman–Crippen MR) is 107 cm³/mol. The van der Waals surface area contributed by atoms with Crippen molar-refractivity contribution < 1.29 is 0 Å². The van der Waals surface area contributed by atoms with Crippen molar-refractivity contribution in [2.75, 3.05) is 23.7 Å². The summed E-state index contributed by atoms with van der Waals surface area (Å²) in [4.78, 5) is 2.53. The SMILES string of the molecule is S=C(Nc1ccc(Cl)cc1)Nc1ccc(CN2CCCCC2)cc1. The Morgan fingerprint density at radius 3 is 2.00 bits per heavy atom. The largest absolute Gasteiger partial charge is 0.332 e. The van der Waals surface area contributed by atoms with E-state index in [1.807, 2.05) is 24.3 Å². The summed E-state index contributed by atoms with van der Waals surface area (Å²) in [5, 5.41) is 7.64. The van der Waals surface area contributed by atoms with Gasteiger partial charge in [0, 0.05) is 22.9 Å². The molecule has 1 fully saturated rings. The summed E-state index contributed by atoms with van der Waals surface area (Å²) in [5.74, 6) is 0. The van der Waals surface area contributed by atoms with E-state index in [1.54, 1.807) is 0 Å². The van der Waals surface area contributed by atoms with Crippen LogP contribution in [-0.4, -0.2) is 23.1 Å². The van der Waals surface area contributed by atoms with Crippen LogP contribution in [0.1, 0.15) is 24.8 Å². The number of halogens is 1. The molecule has 3 nitrogen and oxygen atoms in total. The van der Waals surface area contributed by atoms with Gasteiger partial charge in [-0.15, -0.1) is 0 Å². The van der Waals surface area contributed by atoms with Crippen LogP contribution in [0.15, 0.2) is 48.5 Å². The molecule has 5 heteroatoms. The van der Waals surface area contributed by atoms with Gasteiger partial charge < -0.3 is 10.6 Å². The number of thiocarbonyl (C=S) groups is 1. The van der Waals surface area contributed by atoms with E-state index in [0.29, 0.717) is 10.1 Å². The lowest BCUT2D eigenvalue weighted by Crippen LogP contribution is -2.29. The standard InChI is InChI=1S/C19H22ClN3S/c20-16-6-10-18(11-7-16)22-19(24)21-17-8-4-15(5-9-17)14-23-12-2-1-3-13-23/h4-11H,1-3,12-14H2,(H2,21,22,24). The molecule has 2 aromatic rings. The molecule has 0 aliphatic carbocycles. The molecule has 0 unspecified atom stereocenters. The van der Waals surface area contributed by atoms with E-state index < -0.39 is 0 Å². The van der Waals surface area contributed by atoms with Gasteiger partial charge in [0.1, 0.15) is 0 Å². The lowest BCUT2D eigenvalue weighted by atomic mass is 10.1. The third-order valence-electron chi connectivity index (χ3n) is 4.17. The minimum absolute atomic E-state index is 0.570. The Bertz CT molecular complexity index is 664. The number of nitrogens with zero attached hydrogens (tertiary/aromatic N) is 1. The maximum Gasteiger partial charge on any atom is 0.175 e. The number of nitrogens with one attached hydrogen (secondary N) is 2. The first-order chi connectivity index (χ1) is 11.7. The van der Waals surface area contributed by atoms with Crippen LogP contribution >= 0.6 is 23.8 Å². The van der Waals surface area contributed by atoms with Crippen LogP contribution in [0.3, 0.4) is 0 Å². The molecule has 1 aliphatic heterocycles. The fourth-order valence-electron chi connectivity index (χ4n) is 2.90. The molecular weight excluding hydrogens is 338 g/mol. The number of piperidine rings is 1. The quantitative estimate of drug-likeness (QED) is 0.739. The van der Waals surface area contributed by atoms with Crippen LogP contribution in [0.5, 0.6) is 0 Å². The van der Waals surface area contributed by atoms with Crippen molar-refractivity contribution >= 4 is 40.3 Å². The molecule has 0 amide bonds. The normalized spacial score (nSPS) is 15.0. The van der Waals surface area contributed by atoms with Crippen molar-refractivity contribution in [3.8, 4) is 0 Å². The number of likely N-dealkylation sites (tertiary alicyclic amines) is 1. The van der Waals surface area contributed by atoms with Crippen LogP contribution in [0.2, 0.25) is 5.02 Å². The van der Waals surface area contributed by atoms with Crippen molar-refractivity contribution in [3.05, 3.63) is 59.1 Å². The summed E-state index contributed by atoms with van der Waals surface area (Å²) in [5.41, 5.74) is 3.25. The van der Waals surface area contributed by atoms with Crippen molar-refractivity contribution in [1.82, 2.24) is 4.90 Å². The summed E-state index contributed by atoms with van der Waals surface area (Å²) in [7, 11) is 0. The molecule has 2 N–H and O–H groups in total. The highest BCUT2D eigenvalue weighted by molar-refractivity contribution is 7.80. The fourth-order valence-corrected chi connectivity index (χ4v) is 3.26. The molecule has 24 heavy (non-hydrogen) atoms. The molecule has 1 saturated heterocycles. The van der Waals surface area contributed by atoms with Crippen LogP contribution < -0.4 is 10.6 Å². The van der Waals surface area contributed by atoms with Crippen LogP contribution in [0.4, 0.5) is 11.4 Å². The second kappa shape index (κ2) is 8.47. The summed E-state index contributed by atoms with van der Waals surface area (Å²) in [6, 6.07) is 16.0. The van der Waals surface area contributed by atoms with Gasteiger partial charge in [-0.1, -0.05) is 30.2 Å². The first-order valence-corrected chi connectivity index (χ1v) is 9.12. The first-order valence-electron chi connectivity index (χ1n) is 8.34. The zero-order chi connectivity index (χ0) is 16.8. The molecule has 0 radical (unpaired) electrons. The van der Waals surface area contributed by atoms with Crippen molar-refractivity contribution in [1.29, 1.82) is 0 Å². The van der Waals surface area contributed by atoms with Gasteiger partial charge in [-0.2, -0.15) is 0 Å². The zero-order valence-corrected chi connectivity index (χ0v) is 15.2. The first kappa shape index (κ1) is 17.2. The minimum Gasteiger partial charge on any atom is -0.332 e. The van der Waals surface area contributed by atoms with Crippen LogP contribution in [-0.2, 0) is 6.54 Å². The van der Waals surface area contributed by atoms with Crippen molar-refractivity contribution in [3.63, 3.8) is 0 Å². The van der Waals surface area contributed by atoms with E-state index in [4.69, 9.17) is 23.8 Å². The molecule has 0 spiro atoms. The topological polar surface area (TPSA) is 27.3 Å². The molecule has 0 aromatic heterocycles. The van der Waals surface area contributed by atoms with Crippen molar-refractivity contribution in [2.24, 2.45) is 0 Å². The second-order valence-electron chi connectivity index (χ2n) is 6.12. The molecule has 1 heterocycles. The number of hydrogen-bond acceptors (Lipinski definition) is 2. The summed E-state index contributed by atoms with van der Waals surface area (Å²) in [6.45, 7) is 3.47. The van der Waals surface area contributed by atoms with Crippen LogP contribution in [0.25, 0.3) is 0 Å². The summed E-state index contributed by atoms with van der Waals surface area (Å²) < 4.78 is 0. The van der Waals surface area contributed by atoms with Gasteiger partial charge in [0.05, 0.1) is 0 Å². The number of rotatable bonds is 4. The molecule has 0 bridgehead atoms.